The van der Waals surface area contributed by atoms with Crippen molar-refractivity contribution in [2.75, 3.05) is 11.1 Å². The molecule has 18 heavy (non-hydrogen) atoms. The number of fused-ring (bicyclic) bond motifs is 1. The van der Waals surface area contributed by atoms with E-state index in [4.69, 9.17) is 5.73 Å². The van der Waals surface area contributed by atoms with Crippen LogP contribution in [0, 0.1) is 24.7 Å². The molecular weight excluding hydrogens is 228 g/mol. The average Bonchev–Trinajstić information content (AvgIpc) is 3.03. The van der Waals surface area contributed by atoms with Crippen molar-refractivity contribution in [1.82, 2.24) is 9.78 Å². The molecule has 1 aromatic rings. The number of rotatable bonds is 2. The zero-order chi connectivity index (χ0) is 12.9. The van der Waals surface area contributed by atoms with Crippen LogP contribution in [0.3, 0.4) is 0 Å². The maximum atomic E-state index is 12.2. The standard InChI is InChI=1S/C13H20N4O/c1-7-11(14)12(17(2)16-7)15-13(18)10-8-5-3-4-6-9(8)10/h8-10H,3-6,14H2,1-2H3,(H,15,18). The van der Waals surface area contributed by atoms with Crippen molar-refractivity contribution in [3.8, 4) is 0 Å². The van der Waals surface area contributed by atoms with Crippen molar-refractivity contribution in [2.24, 2.45) is 24.8 Å². The number of anilines is 2. The first kappa shape index (κ1) is 11.6. The maximum absolute atomic E-state index is 12.2. The highest BCUT2D eigenvalue weighted by molar-refractivity contribution is 5.96. The number of carbonyl (C=O) groups excluding carboxylic acids is 1. The second kappa shape index (κ2) is 4.00. The van der Waals surface area contributed by atoms with Gasteiger partial charge in [0.25, 0.3) is 0 Å². The van der Waals surface area contributed by atoms with Gasteiger partial charge in [0.2, 0.25) is 5.91 Å². The van der Waals surface area contributed by atoms with Gasteiger partial charge in [0, 0.05) is 13.0 Å². The van der Waals surface area contributed by atoms with Gasteiger partial charge in [-0.2, -0.15) is 5.10 Å². The third-order valence-electron chi connectivity index (χ3n) is 4.47. The summed E-state index contributed by atoms with van der Waals surface area (Å²) in [5.74, 6) is 2.22. The van der Waals surface area contributed by atoms with Gasteiger partial charge in [0.1, 0.15) is 0 Å². The molecule has 2 aliphatic carbocycles. The predicted molar refractivity (Wildman–Crippen MR) is 69.9 cm³/mol. The minimum atomic E-state index is 0.126. The molecule has 1 aromatic heterocycles. The minimum Gasteiger partial charge on any atom is -0.394 e. The van der Waals surface area contributed by atoms with Crippen LogP contribution in [0.5, 0.6) is 0 Å². The molecule has 1 amide bonds. The van der Waals surface area contributed by atoms with Gasteiger partial charge in [-0.15, -0.1) is 0 Å². The fourth-order valence-corrected chi connectivity index (χ4v) is 3.40. The maximum Gasteiger partial charge on any atom is 0.229 e. The molecule has 0 spiro atoms. The number of aromatic nitrogens is 2. The Morgan fingerprint density at radius 2 is 2.00 bits per heavy atom. The van der Waals surface area contributed by atoms with Crippen LogP contribution in [0.15, 0.2) is 0 Å². The monoisotopic (exact) mass is 248 g/mol. The Morgan fingerprint density at radius 3 is 2.50 bits per heavy atom. The Morgan fingerprint density at radius 1 is 1.39 bits per heavy atom. The zero-order valence-corrected chi connectivity index (χ0v) is 10.9. The van der Waals surface area contributed by atoms with E-state index in [1.807, 2.05) is 6.92 Å². The van der Waals surface area contributed by atoms with Crippen molar-refractivity contribution in [3.63, 3.8) is 0 Å². The number of nitrogens with one attached hydrogen (secondary N) is 1. The van der Waals surface area contributed by atoms with Crippen molar-refractivity contribution >= 4 is 17.4 Å². The summed E-state index contributed by atoms with van der Waals surface area (Å²) in [5, 5.41) is 7.17. The van der Waals surface area contributed by atoms with Gasteiger partial charge in [-0.25, -0.2) is 0 Å². The van der Waals surface area contributed by atoms with Gasteiger partial charge in [0.05, 0.1) is 11.4 Å². The number of nitrogens with two attached hydrogens (primary N) is 1. The lowest BCUT2D eigenvalue weighted by Crippen LogP contribution is -2.18. The summed E-state index contributed by atoms with van der Waals surface area (Å²) in [4.78, 5) is 12.2. The fraction of sp³-hybridized carbons (Fsp3) is 0.692. The number of hydrogen-bond donors (Lipinski definition) is 2. The molecule has 0 aromatic carbocycles. The fourth-order valence-electron chi connectivity index (χ4n) is 3.40. The summed E-state index contributed by atoms with van der Waals surface area (Å²) in [6.07, 6.45) is 4.97. The lowest BCUT2D eigenvalue weighted by atomic mass is 10.0. The molecule has 2 atom stereocenters. The second-order valence-corrected chi connectivity index (χ2v) is 5.60. The SMILES string of the molecule is Cc1nn(C)c(NC(=O)C2C3CCCCC32)c1N. The molecule has 2 aliphatic rings. The van der Waals surface area contributed by atoms with Crippen LogP contribution in [0.1, 0.15) is 31.4 Å². The number of carbonyl (C=O) groups is 1. The molecular formula is C13H20N4O. The van der Waals surface area contributed by atoms with Gasteiger partial charge >= 0.3 is 0 Å². The number of aryl methyl sites for hydroxylation is 2. The summed E-state index contributed by atoms with van der Waals surface area (Å²) < 4.78 is 1.65. The van der Waals surface area contributed by atoms with Gasteiger partial charge in [-0.3, -0.25) is 9.48 Å². The molecule has 5 heteroatoms. The lowest BCUT2D eigenvalue weighted by molar-refractivity contribution is -0.117. The van der Waals surface area contributed by atoms with Crippen molar-refractivity contribution in [3.05, 3.63) is 5.69 Å². The summed E-state index contributed by atoms with van der Waals surface area (Å²) in [6.45, 7) is 1.85. The van der Waals surface area contributed by atoms with E-state index in [1.165, 1.54) is 25.7 Å². The number of hydrogen-bond acceptors (Lipinski definition) is 3. The van der Waals surface area contributed by atoms with E-state index >= 15 is 0 Å². The Balaban J connectivity index is 1.72. The third-order valence-corrected chi connectivity index (χ3v) is 4.47. The van der Waals surface area contributed by atoms with E-state index in [1.54, 1.807) is 11.7 Å². The molecule has 5 nitrogen and oxygen atoms in total. The second-order valence-electron chi connectivity index (χ2n) is 5.60. The largest absolute Gasteiger partial charge is 0.394 e. The Labute approximate surface area is 107 Å². The average molecular weight is 248 g/mol. The normalized spacial score (nSPS) is 29.8. The van der Waals surface area contributed by atoms with Gasteiger partial charge in [-0.05, 0) is 31.6 Å². The van der Waals surface area contributed by atoms with Crippen LogP contribution in [-0.4, -0.2) is 15.7 Å². The molecule has 0 bridgehead atoms. The zero-order valence-electron chi connectivity index (χ0n) is 10.9. The number of amides is 1. The van der Waals surface area contributed by atoms with E-state index in [9.17, 15) is 4.79 Å². The van der Waals surface area contributed by atoms with E-state index in [2.05, 4.69) is 10.4 Å². The van der Waals surface area contributed by atoms with Crippen molar-refractivity contribution in [1.29, 1.82) is 0 Å². The molecule has 3 rings (SSSR count). The molecule has 2 fully saturated rings. The highest BCUT2D eigenvalue weighted by Crippen LogP contribution is 2.55. The van der Waals surface area contributed by atoms with Gasteiger partial charge in [-0.1, -0.05) is 12.8 Å². The molecule has 1 heterocycles. The lowest BCUT2D eigenvalue weighted by Gasteiger charge is -2.06. The first-order valence-corrected chi connectivity index (χ1v) is 6.69. The first-order chi connectivity index (χ1) is 8.59. The van der Waals surface area contributed by atoms with E-state index in [0.29, 0.717) is 23.3 Å². The number of nitrogens with zero attached hydrogens (tertiary/aromatic N) is 2. The molecule has 0 radical (unpaired) electrons. The highest BCUT2D eigenvalue weighted by Gasteiger charge is 2.54. The Bertz CT molecular complexity index is 481. The van der Waals surface area contributed by atoms with Gasteiger partial charge < -0.3 is 11.1 Å². The van der Waals surface area contributed by atoms with Crippen molar-refractivity contribution in [2.45, 2.75) is 32.6 Å². The molecule has 0 saturated heterocycles. The Kier molecular flexibility index (Phi) is 2.57. The van der Waals surface area contributed by atoms with Crippen molar-refractivity contribution < 1.29 is 4.79 Å². The smallest absolute Gasteiger partial charge is 0.229 e. The van der Waals surface area contributed by atoms with E-state index in [0.717, 1.165) is 5.69 Å². The molecule has 2 saturated carbocycles. The predicted octanol–water partition coefficient (Wildman–Crippen LogP) is 1.69. The molecule has 98 valence electrons. The van der Waals surface area contributed by atoms with E-state index in [-0.39, 0.29) is 11.8 Å². The quantitative estimate of drug-likeness (QED) is 0.836. The molecule has 3 N–H and O–H groups in total. The van der Waals surface area contributed by atoms with Crippen LogP contribution < -0.4 is 11.1 Å². The molecule has 2 unspecified atom stereocenters. The van der Waals surface area contributed by atoms with Gasteiger partial charge in [0.15, 0.2) is 5.82 Å². The van der Waals surface area contributed by atoms with E-state index < -0.39 is 0 Å². The van der Waals surface area contributed by atoms with Crippen LogP contribution in [-0.2, 0) is 11.8 Å². The summed E-state index contributed by atoms with van der Waals surface area (Å²) >= 11 is 0. The van der Waals surface area contributed by atoms with Crippen LogP contribution >= 0.6 is 0 Å². The molecule has 0 aliphatic heterocycles. The van der Waals surface area contributed by atoms with Crippen LogP contribution in [0.4, 0.5) is 11.5 Å². The first-order valence-electron chi connectivity index (χ1n) is 6.69. The summed E-state index contributed by atoms with van der Waals surface area (Å²) in [7, 11) is 1.80. The topological polar surface area (TPSA) is 72.9 Å². The highest BCUT2D eigenvalue weighted by atomic mass is 16.2. The Hall–Kier alpha value is -1.52. The summed E-state index contributed by atoms with van der Waals surface area (Å²) in [5.41, 5.74) is 7.26. The summed E-state index contributed by atoms with van der Waals surface area (Å²) in [6, 6.07) is 0. The van der Waals surface area contributed by atoms with Crippen LogP contribution in [0.2, 0.25) is 0 Å². The minimum absolute atomic E-state index is 0.126. The van der Waals surface area contributed by atoms with Crippen LogP contribution in [0.25, 0.3) is 0 Å². The third kappa shape index (κ3) is 1.69. The number of nitrogen functional groups attached to an aromatic ring is 1.